The van der Waals surface area contributed by atoms with Crippen molar-refractivity contribution in [3.63, 3.8) is 0 Å². The molecule has 2 aliphatic rings. The lowest BCUT2D eigenvalue weighted by Crippen LogP contribution is -2.40. The number of rotatable bonds is 7. The molecule has 2 aromatic rings. The van der Waals surface area contributed by atoms with E-state index < -0.39 is 0 Å². The molecule has 0 bridgehead atoms. The summed E-state index contributed by atoms with van der Waals surface area (Å²) in [6.07, 6.45) is 3.72. The predicted octanol–water partition coefficient (Wildman–Crippen LogP) is 3.78. The third kappa shape index (κ3) is 4.66. The van der Waals surface area contributed by atoms with Crippen molar-refractivity contribution in [1.29, 1.82) is 0 Å². The molecule has 1 atom stereocenters. The molecule has 1 unspecified atom stereocenters. The number of aryl methyl sites for hydroxylation is 1. The molecule has 1 N–H and O–H groups in total. The lowest BCUT2D eigenvalue weighted by molar-refractivity contribution is -0.133. The van der Waals surface area contributed by atoms with Gasteiger partial charge in [-0.05, 0) is 60.9 Å². The summed E-state index contributed by atoms with van der Waals surface area (Å²) >= 11 is 0. The molecule has 0 saturated heterocycles. The third-order valence-electron chi connectivity index (χ3n) is 6.02. The Hall–Kier alpha value is -2.82. The van der Waals surface area contributed by atoms with Gasteiger partial charge in [0, 0.05) is 19.5 Å². The number of carbonyl (C=O) groups is 2. The smallest absolute Gasteiger partial charge is 0.257 e. The lowest BCUT2D eigenvalue weighted by Gasteiger charge is -2.38. The summed E-state index contributed by atoms with van der Waals surface area (Å²) in [6, 6.07) is 14.2. The van der Waals surface area contributed by atoms with Crippen LogP contribution in [0.25, 0.3) is 0 Å². The summed E-state index contributed by atoms with van der Waals surface area (Å²) in [5.74, 6) is 1.38. The maximum atomic E-state index is 12.7. The number of hydrogen-bond acceptors (Lipinski definition) is 3. The number of hydrogen-bond donors (Lipinski definition) is 1. The van der Waals surface area contributed by atoms with Crippen LogP contribution < -0.4 is 10.1 Å². The van der Waals surface area contributed by atoms with Crippen LogP contribution in [-0.2, 0) is 16.0 Å². The highest BCUT2D eigenvalue weighted by Gasteiger charge is 2.31. The van der Waals surface area contributed by atoms with E-state index in [2.05, 4.69) is 42.6 Å². The fourth-order valence-electron chi connectivity index (χ4n) is 4.04. The van der Waals surface area contributed by atoms with Gasteiger partial charge in [-0.1, -0.05) is 42.8 Å². The molecule has 2 aromatic carbocycles. The molecule has 1 fully saturated rings. The van der Waals surface area contributed by atoms with Crippen LogP contribution in [0, 0.1) is 12.8 Å². The lowest BCUT2D eigenvalue weighted by atomic mass is 9.87. The van der Waals surface area contributed by atoms with Gasteiger partial charge in [0.15, 0.2) is 6.61 Å². The van der Waals surface area contributed by atoms with Gasteiger partial charge in [-0.25, -0.2) is 0 Å². The van der Waals surface area contributed by atoms with Gasteiger partial charge in [-0.2, -0.15) is 0 Å². The standard InChI is InChI=1S/C25H30N2O3/c1-3-24(29)27-13-12-19-10-11-21(30-16-23(28)26-15-18-6-7-18)14-22(19)25(27)20-8-4-17(2)5-9-20/h4-5,8-11,14,18,25H,3,6-7,12-13,15-16H2,1-2H3,(H,26,28). The number of benzene rings is 2. The summed E-state index contributed by atoms with van der Waals surface area (Å²) < 4.78 is 5.80. The van der Waals surface area contributed by atoms with E-state index in [0.29, 0.717) is 24.6 Å². The molecule has 1 aliphatic carbocycles. The van der Waals surface area contributed by atoms with Crippen LogP contribution in [-0.4, -0.2) is 36.4 Å². The normalized spacial score (nSPS) is 17.9. The second kappa shape index (κ2) is 8.90. The Labute approximate surface area is 178 Å². The molecule has 30 heavy (non-hydrogen) atoms. The molecule has 158 valence electrons. The molecule has 1 saturated carbocycles. The van der Waals surface area contributed by atoms with Gasteiger partial charge in [-0.3, -0.25) is 9.59 Å². The maximum Gasteiger partial charge on any atom is 0.257 e. The topological polar surface area (TPSA) is 58.6 Å². The van der Waals surface area contributed by atoms with Gasteiger partial charge in [0.05, 0.1) is 6.04 Å². The van der Waals surface area contributed by atoms with E-state index in [0.717, 1.165) is 24.1 Å². The third-order valence-corrected chi connectivity index (χ3v) is 6.02. The van der Waals surface area contributed by atoms with E-state index in [1.165, 1.54) is 24.0 Å². The number of fused-ring (bicyclic) bond motifs is 1. The first kappa shape index (κ1) is 20.5. The minimum atomic E-state index is -0.131. The van der Waals surface area contributed by atoms with Gasteiger partial charge >= 0.3 is 0 Å². The van der Waals surface area contributed by atoms with Crippen molar-refractivity contribution in [2.75, 3.05) is 19.7 Å². The first-order chi connectivity index (χ1) is 14.5. The largest absolute Gasteiger partial charge is 0.484 e. The fourth-order valence-corrected chi connectivity index (χ4v) is 4.04. The van der Waals surface area contributed by atoms with Crippen LogP contribution in [0.3, 0.4) is 0 Å². The molecule has 1 heterocycles. The minimum Gasteiger partial charge on any atom is -0.484 e. The zero-order chi connectivity index (χ0) is 21.1. The van der Waals surface area contributed by atoms with E-state index in [1.807, 2.05) is 24.0 Å². The average Bonchev–Trinajstić information content (AvgIpc) is 3.60. The van der Waals surface area contributed by atoms with Gasteiger partial charge in [0.25, 0.3) is 5.91 Å². The highest BCUT2D eigenvalue weighted by molar-refractivity contribution is 5.78. The molecule has 2 amide bonds. The Bertz CT molecular complexity index is 918. The highest BCUT2D eigenvalue weighted by Crippen LogP contribution is 2.37. The van der Waals surface area contributed by atoms with Gasteiger partial charge < -0.3 is 15.0 Å². The molecule has 0 radical (unpaired) electrons. The zero-order valence-electron chi connectivity index (χ0n) is 17.8. The van der Waals surface area contributed by atoms with Crippen LogP contribution in [0.1, 0.15) is 54.5 Å². The maximum absolute atomic E-state index is 12.7. The Balaban J connectivity index is 1.56. The van der Waals surface area contributed by atoms with Gasteiger partial charge in [-0.15, -0.1) is 0 Å². The Morgan fingerprint density at radius 1 is 1.13 bits per heavy atom. The van der Waals surface area contributed by atoms with Crippen LogP contribution in [0.4, 0.5) is 0 Å². The summed E-state index contributed by atoms with van der Waals surface area (Å²) in [5, 5.41) is 2.93. The molecular formula is C25H30N2O3. The van der Waals surface area contributed by atoms with Gasteiger partial charge in [0.2, 0.25) is 5.91 Å². The Morgan fingerprint density at radius 2 is 1.90 bits per heavy atom. The van der Waals surface area contributed by atoms with Crippen LogP contribution in [0.15, 0.2) is 42.5 Å². The van der Waals surface area contributed by atoms with Gasteiger partial charge in [0.1, 0.15) is 5.75 Å². The molecule has 5 heteroatoms. The monoisotopic (exact) mass is 406 g/mol. The first-order valence-electron chi connectivity index (χ1n) is 10.9. The van der Waals surface area contributed by atoms with E-state index in [9.17, 15) is 9.59 Å². The second-order valence-corrected chi connectivity index (χ2v) is 8.40. The van der Waals surface area contributed by atoms with Crippen molar-refractivity contribution in [2.24, 2.45) is 5.92 Å². The molecule has 1 aliphatic heterocycles. The van der Waals surface area contributed by atoms with Crippen LogP contribution >= 0.6 is 0 Å². The van der Waals surface area contributed by atoms with Crippen molar-refractivity contribution < 1.29 is 14.3 Å². The van der Waals surface area contributed by atoms with Crippen molar-refractivity contribution in [3.8, 4) is 5.75 Å². The Morgan fingerprint density at radius 3 is 2.60 bits per heavy atom. The number of nitrogens with one attached hydrogen (secondary N) is 1. The van der Waals surface area contributed by atoms with Crippen molar-refractivity contribution >= 4 is 11.8 Å². The average molecular weight is 407 g/mol. The van der Waals surface area contributed by atoms with Crippen molar-refractivity contribution in [3.05, 3.63) is 64.7 Å². The quantitative estimate of drug-likeness (QED) is 0.761. The summed E-state index contributed by atoms with van der Waals surface area (Å²) in [7, 11) is 0. The summed E-state index contributed by atoms with van der Waals surface area (Å²) in [4.78, 5) is 26.7. The fraction of sp³-hybridized carbons (Fsp3) is 0.440. The molecule has 0 aromatic heterocycles. The number of carbonyl (C=O) groups excluding carboxylic acids is 2. The molecule has 0 spiro atoms. The second-order valence-electron chi connectivity index (χ2n) is 8.40. The molecule has 4 rings (SSSR count). The highest BCUT2D eigenvalue weighted by atomic mass is 16.5. The van der Waals surface area contributed by atoms with Crippen molar-refractivity contribution in [2.45, 2.75) is 45.6 Å². The minimum absolute atomic E-state index is 0.0122. The number of ether oxygens (including phenoxy) is 1. The number of amides is 2. The molecule has 5 nitrogen and oxygen atoms in total. The first-order valence-corrected chi connectivity index (χ1v) is 10.9. The van der Waals surface area contributed by atoms with E-state index >= 15 is 0 Å². The van der Waals surface area contributed by atoms with E-state index in [1.54, 1.807) is 0 Å². The van der Waals surface area contributed by atoms with E-state index in [-0.39, 0.29) is 24.5 Å². The predicted molar refractivity (Wildman–Crippen MR) is 116 cm³/mol. The Kier molecular flexibility index (Phi) is 6.07. The zero-order valence-corrected chi connectivity index (χ0v) is 17.8. The van der Waals surface area contributed by atoms with E-state index in [4.69, 9.17) is 4.74 Å². The molecular weight excluding hydrogens is 376 g/mol. The summed E-state index contributed by atoms with van der Waals surface area (Å²) in [6.45, 7) is 5.44. The van der Waals surface area contributed by atoms with Crippen LogP contribution in [0.2, 0.25) is 0 Å². The van der Waals surface area contributed by atoms with Crippen LogP contribution in [0.5, 0.6) is 5.75 Å². The summed E-state index contributed by atoms with van der Waals surface area (Å²) in [5.41, 5.74) is 4.61. The number of nitrogens with zero attached hydrogens (tertiary/aromatic N) is 1. The SMILES string of the molecule is CCC(=O)N1CCc2ccc(OCC(=O)NCC3CC3)cc2C1c1ccc(C)cc1. The van der Waals surface area contributed by atoms with Crippen molar-refractivity contribution in [1.82, 2.24) is 10.2 Å².